The van der Waals surface area contributed by atoms with Gasteiger partial charge in [0.25, 0.3) is 0 Å². The molecule has 0 radical (unpaired) electrons. The number of carbonyl (C=O) groups is 2. The predicted molar refractivity (Wildman–Crippen MR) is 117 cm³/mol. The minimum Gasteiger partial charge on any atom is -0.478 e. The first-order valence-electron chi connectivity index (χ1n) is 10.0. The van der Waals surface area contributed by atoms with Crippen LogP contribution in [0.25, 0.3) is 11.3 Å². The Hall–Kier alpha value is -3.50. The van der Waals surface area contributed by atoms with Crippen LogP contribution in [0.15, 0.2) is 42.9 Å². The number of piperidine rings is 1. The average molecular weight is 457 g/mol. The molecule has 0 bridgehead atoms. The van der Waals surface area contributed by atoms with Gasteiger partial charge in [0.15, 0.2) is 0 Å². The van der Waals surface area contributed by atoms with Gasteiger partial charge in [-0.05, 0) is 25.0 Å². The van der Waals surface area contributed by atoms with Gasteiger partial charge in [-0.25, -0.2) is 14.8 Å². The van der Waals surface area contributed by atoms with Crippen LogP contribution in [-0.4, -0.2) is 66.4 Å². The normalized spacial score (nSPS) is 14.4. The van der Waals surface area contributed by atoms with Crippen molar-refractivity contribution in [3.63, 3.8) is 0 Å². The zero-order valence-corrected chi connectivity index (χ0v) is 17.7. The molecule has 1 aliphatic rings. The zero-order chi connectivity index (χ0) is 22.7. The molecule has 0 atom stereocenters. The van der Waals surface area contributed by atoms with Gasteiger partial charge in [0.1, 0.15) is 6.61 Å². The molecular formula is C21H21ClN6O4. The Kier molecular flexibility index (Phi) is 6.33. The van der Waals surface area contributed by atoms with Crippen LogP contribution in [0, 0.1) is 0 Å². The number of aromatic carboxylic acids is 1. The lowest BCUT2D eigenvalue weighted by atomic mass is 10.1. The molecule has 3 aromatic rings. The largest absolute Gasteiger partial charge is 0.478 e. The number of anilines is 2. The van der Waals surface area contributed by atoms with Crippen LogP contribution in [0.2, 0.25) is 5.02 Å². The number of hydrogen-bond acceptors (Lipinski definition) is 7. The molecule has 1 saturated heterocycles. The number of carboxylic acids is 1. The summed E-state index contributed by atoms with van der Waals surface area (Å²) >= 11 is 6.26. The van der Waals surface area contributed by atoms with Crippen molar-refractivity contribution in [3.05, 3.63) is 53.4 Å². The van der Waals surface area contributed by atoms with Crippen molar-refractivity contribution in [1.82, 2.24) is 24.6 Å². The van der Waals surface area contributed by atoms with Crippen LogP contribution in [-0.2, 0) is 4.79 Å². The number of likely N-dealkylation sites (tertiary alicyclic amines) is 1. The van der Waals surface area contributed by atoms with E-state index in [0.29, 0.717) is 41.0 Å². The van der Waals surface area contributed by atoms with Crippen molar-refractivity contribution in [3.8, 4) is 11.3 Å². The molecule has 3 heterocycles. The Balaban J connectivity index is 1.47. The smallest absolute Gasteiger partial charge is 0.335 e. The number of aromatic nitrogens is 4. The summed E-state index contributed by atoms with van der Waals surface area (Å²) in [6, 6.07) is 6.52. The van der Waals surface area contributed by atoms with Gasteiger partial charge >= 0.3 is 5.97 Å². The summed E-state index contributed by atoms with van der Waals surface area (Å²) in [7, 11) is 0. The van der Waals surface area contributed by atoms with Gasteiger partial charge in [0.2, 0.25) is 11.9 Å². The molecule has 11 heteroatoms. The fraction of sp³-hybridized carbons (Fsp3) is 0.286. The number of nitrogens with zero attached hydrogens (tertiary/aromatic N) is 5. The lowest BCUT2D eigenvalue weighted by Crippen LogP contribution is -2.40. The Morgan fingerprint density at radius 1 is 1.22 bits per heavy atom. The monoisotopic (exact) mass is 456 g/mol. The highest BCUT2D eigenvalue weighted by Gasteiger charge is 2.24. The molecule has 0 saturated carbocycles. The van der Waals surface area contributed by atoms with E-state index in [0.717, 1.165) is 12.8 Å². The Morgan fingerprint density at radius 3 is 2.72 bits per heavy atom. The third kappa shape index (κ3) is 4.71. The molecule has 1 aliphatic heterocycles. The number of nitrogens with one attached hydrogen (secondary N) is 1. The van der Waals surface area contributed by atoms with E-state index in [-0.39, 0.29) is 17.5 Å². The minimum absolute atomic E-state index is 0.139. The van der Waals surface area contributed by atoms with Crippen LogP contribution in [0.5, 0.6) is 0 Å². The van der Waals surface area contributed by atoms with E-state index in [4.69, 9.17) is 16.7 Å². The summed E-state index contributed by atoms with van der Waals surface area (Å²) in [5.41, 5.74) is 1.81. The van der Waals surface area contributed by atoms with Gasteiger partial charge in [-0.2, -0.15) is 5.10 Å². The number of rotatable bonds is 6. The molecule has 4 rings (SSSR count). The van der Waals surface area contributed by atoms with Crippen LogP contribution >= 0.6 is 11.6 Å². The van der Waals surface area contributed by atoms with E-state index < -0.39 is 12.6 Å². The van der Waals surface area contributed by atoms with Gasteiger partial charge in [-0.3, -0.25) is 9.48 Å². The van der Waals surface area contributed by atoms with Gasteiger partial charge in [-0.1, -0.05) is 23.7 Å². The van der Waals surface area contributed by atoms with Crippen LogP contribution in [0.4, 0.5) is 11.6 Å². The van der Waals surface area contributed by atoms with Crippen LogP contribution in [0.3, 0.4) is 0 Å². The maximum atomic E-state index is 11.6. The maximum Gasteiger partial charge on any atom is 0.335 e. The number of aliphatic hydroxyl groups excluding tert-OH is 1. The molecule has 0 spiro atoms. The van der Waals surface area contributed by atoms with Gasteiger partial charge in [-0.15, -0.1) is 0 Å². The lowest BCUT2D eigenvalue weighted by molar-refractivity contribution is -0.135. The first-order valence-corrected chi connectivity index (χ1v) is 10.4. The summed E-state index contributed by atoms with van der Waals surface area (Å²) in [6.07, 6.45) is 6.45. The molecule has 1 amide bonds. The highest BCUT2D eigenvalue weighted by Crippen LogP contribution is 2.28. The fourth-order valence-corrected chi connectivity index (χ4v) is 3.84. The van der Waals surface area contributed by atoms with Gasteiger partial charge in [0, 0.05) is 24.8 Å². The van der Waals surface area contributed by atoms with E-state index in [1.165, 1.54) is 18.3 Å². The second kappa shape index (κ2) is 9.33. The maximum absolute atomic E-state index is 11.6. The molecule has 2 aromatic heterocycles. The first-order chi connectivity index (χ1) is 15.4. The van der Waals surface area contributed by atoms with Crippen molar-refractivity contribution in [1.29, 1.82) is 0 Å². The Labute approximate surface area is 188 Å². The molecule has 32 heavy (non-hydrogen) atoms. The molecule has 1 fully saturated rings. The molecule has 0 unspecified atom stereocenters. The standard InChI is InChI=1S/C21H21ClN6O4/c22-17-10-23-21(26-19(17)13-2-1-3-14(8-13)20(31)32)25-15-9-24-28(11-15)16-4-6-27(7-5-16)18(30)12-29/h1-3,8-11,16,29H,4-7,12H2,(H,31,32)(H,23,25,26). The summed E-state index contributed by atoms with van der Waals surface area (Å²) in [5, 5.41) is 26.0. The number of hydrogen-bond donors (Lipinski definition) is 3. The minimum atomic E-state index is -1.03. The Morgan fingerprint density at radius 2 is 2.00 bits per heavy atom. The topological polar surface area (TPSA) is 133 Å². The second-order valence-electron chi connectivity index (χ2n) is 7.38. The Bertz CT molecular complexity index is 1140. The highest BCUT2D eigenvalue weighted by atomic mass is 35.5. The predicted octanol–water partition coefficient (Wildman–Crippen LogP) is 2.59. The molecule has 3 N–H and O–H groups in total. The van der Waals surface area contributed by atoms with Crippen molar-refractivity contribution < 1.29 is 19.8 Å². The number of halogens is 1. The first kappa shape index (κ1) is 21.7. The molecule has 10 nitrogen and oxygen atoms in total. The van der Waals surface area contributed by atoms with Gasteiger partial charge < -0.3 is 20.4 Å². The van der Waals surface area contributed by atoms with Crippen LogP contribution < -0.4 is 5.32 Å². The number of carboxylic acid groups (broad SMARTS) is 1. The highest BCUT2D eigenvalue weighted by molar-refractivity contribution is 6.32. The second-order valence-corrected chi connectivity index (χ2v) is 7.79. The SMILES string of the molecule is O=C(O)c1cccc(-c2nc(Nc3cnn(C4CCN(C(=O)CO)CC4)c3)ncc2Cl)c1. The molecular weight excluding hydrogens is 436 g/mol. The number of amides is 1. The van der Waals surface area contributed by atoms with Crippen molar-refractivity contribution in [2.75, 3.05) is 25.0 Å². The summed E-state index contributed by atoms with van der Waals surface area (Å²) in [4.78, 5) is 33.2. The number of carbonyl (C=O) groups excluding carboxylic acids is 1. The van der Waals surface area contributed by atoms with Crippen LogP contribution in [0.1, 0.15) is 29.2 Å². The third-order valence-corrected chi connectivity index (χ3v) is 5.59. The molecule has 166 valence electrons. The van der Waals surface area contributed by atoms with E-state index in [1.807, 2.05) is 10.9 Å². The van der Waals surface area contributed by atoms with Crippen molar-refractivity contribution in [2.45, 2.75) is 18.9 Å². The summed E-state index contributed by atoms with van der Waals surface area (Å²) < 4.78 is 1.84. The molecule has 0 aliphatic carbocycles. The van der Waals surface area contributed by atoms with E-state index >= 15 is 0 Å². The average Bonchev–Trinajstić information content (AvgIpc) is 3.28. The third-order valence-electron chi connectivity index (χ3n) is 5.31. The number of benzene rings is 1. The zero-order valence-electron chi connectivity index (χ0n) is 17.0. The van der Waals surface area contributed by atoms with Gasteiger partial charge in [0.05, 0.1) is 40.4 Å². The van der Waals surface area contributed by atoms with Crippen molar-refractivity contribution in [2.24, 2.45) is 0 Å². The lowest BCUT2D eigenvalue weighted by Gasteiger charge is -2.31. The van der Waals surface area contributed by atoms with E-state index in [2.05, 4.69) is 20.4 Å². The summed E-state index contributed by atoms with van der Waals surface area (Å²) in [6.45, 7) is 0.682. The van der Waals surface area contributed by atoms with E-state index in [1.54, 1.807) is 23.2 Å². The van der Waals surface area contributed by atoms with Crippen molar-refractivity contribution >= 4 is 35.1 Å². The van der Waals surface area contributed by atoms with E-state index in [9.17, 15) is 14.7 Å². The quantitative estimate of drug-likeness (QED) is 0.515. The fourth-order valence-electron chi connectivity index (χ4n) is 3.64. The summed E-state index contributed by atoms with van der Waals surface area (Å²) in [5.74, 6) is -0.988. The molecule has 1 aromatic carbocycles. The number of aliphatic hydroxyl groups is 1.